The van der Waals surface area contributed by atoms with Crippen LogP contribution in [0, 0.1) is 0 Å². The van der Waals surface area contributed by atoms with Crippen molar-refractivity contribution in [2.24, 2.45) is 0 Å². The Bertz CT molecular complexity index is 277. The molecule has 0 saturated heterocycles. The highest BCUT2D eigenvalue weighted by Crippen LogP contribution is 2.30. The first-order valence-corrected chi connectivity index (χ1v) is 5.91. The summed E-state index contributed by atoms with van der Waals surface area (Å²) in [5.74, 6) is 0. The topological polar surface area (TPSA) is 43.4 Å². The molecule has 1 aliphatic rings. The molecular formula is C8H14O3S. The van der Waals surface area contributed by atoms with Crippen molar-refractivity contribution in [1.29, 1.82) is 0 Å². The first-order valence-electron chi connectivity index (χ1n) is 4.10. The van der Waals surface area contributed by atoms with Crippen molar-refractivity contribution in [3.8, 4) is 0 Å². The predicted molar refractivity (Wildman–Crippen MR) is 47.3 cm³/mol. The maximum absolute atomic E-state index is 10.7. The third-order valence-electron chi connectivity index (χ3n) is 1.87. The minimum absolute atomic E-state index is 0.167. The quantitative estimate of drug-likeness (QED) is 0.500. The van der Waals surface area contributed by atoms with Crippen LogP contribution in [0.3, 0.4) is 0 Å². The van der Waals surface area contributed by atoms with Crippen LogP contribution in [0.1, 0.15) is 26.2 Å². The zero-order valence-electron chi connectivity index (χ0n) is 7.41. The van der Waals surface area contributed by atoms with E-state index in [4.69, 9.17) is 4.18 Å². The second-order valence-corrected chi connectivity index (χ2v) is 4.62. The van der Waals surface area contributed by atoms with Crippen molar-refractivity contribution < 1.29 is 12.6 Å². The smallest absolute Gasteiger partial charge is 0.262 e. The van der Waals surface area contributed by atoms with E-state index in [0.717, 1.165) is 31.1 Å². The van der Waals surface area contributed by atoms with Crippen LogP contribution in [-0.2, 0) is 14.3 Å². The van der Waals surface area contributed by atoms with Gasteiger partial charge in [0.25, 0.3) is 10.1 Å². The second kappa shape index (κ2) is 3.58. The van der Waals surface area contributed by atoms with E-state index in [-0.39, 0.29) is 6.10 Å². The van der Waals surface area contributed by atoms with Crippen LogP contribution in [0.15, 0.2) is 11.6 Å². The van der Waals surface area contributed by atoms with Gasteiger partial charge in [0.2, 0.25) is 0 Å². The fraction of sp³-hybridized carbons (Fsp3) is 0.750. The lowest BCUT2D eigenvalue weighted by molar-refractivity contribution is 0.191. The fourth-order valence-electron chi connectivity index (χ4n) is 1.25. The fourth-order valence-corrected chi connectivity index (χ4v) is 1.89. The van der Waals surface area contributed by atoms with Crippen molar-refractivity contribution in [2.75, 3.05) is 6.26 Å². The number of hydrogen-bond donors (Lipinski definition) is 0. The SMILES string of the molecule is CCC=C1CCC1OS(C)(=O)=O. The Morgan fingerprint density at radius 1 is 1.67 bits per heavy atom. The van der Waals surface area contributed by atoms with E-state index in [1.54, 1.807) is 0 Å². The highest BCUT2D eigenvalue weighted by atomic mass is 32.2. The number of rotatable bonds is 3. The Kier molecular flexibility index (Phi) is 2.90. The molecule has 0 aliphatic heterocycles. The third-order valence-corrected chi connectivity index (χ3v) is 2.45. The number of hydrogen-bond acceptors (Lipinski definition) is 3. The molecular weight excluding hydrogens is 176 g/mol. The van der Waals surface area contributed by atoms with E-state index >= 15 is 0 Å². The van der Waals surface area contributed by atoms with Crippen LogP contribution < -0.4 is 0 Å². The highest BCUT2D eigenvalue weighted by Gasteiger charge is 2.27. The van der Waals surface area contributed by atoms with Crippen LogP contribution in [0.4, 0.5) is 0 Å². The summed E-state index contributed by atoms with van der Waals surface area (Å²) in [5.41, 5.74) is 1.13. The lowest BCUT2D eigenvalue weighted by Crippen LogP contribution is -2.27. The summed E-state index contributed by atoms with van der Waals surface area (Å²) < 4.78 is 26.3. The van der Waals surface area contributed by atoms with Crippen LogP contribution >= 0.6 is 0 Å². The molecule has 0 amide bonds. The van der Waals surface area contributed by atoms with Gasteiger partial charge in [-0.15, -0.1) is 0 Å². The molecule has 70 valence electrons. The summed E-state index contributed by atoms with van der Waals surface area (Å²) in [6, 6.07) is 0. The molecule has 12 heavy (non-hydrogen) atoms. The monoisotopic (exact) mass is 190 g/mol. The molecule has 1 rings (SSSR count). The number of allylic oxidation sites excluding steroid dienone is 1. The zero-order valence-corrected chi connectivity index (χ0v) is 8.23. The molecule has 1 unspecified atom stereocenters. The summed E-state index contributed by atoms with van der Waals surface area (Å²) >= 11 is 0. The minimum atomic E-state index is -3.28. The Morgan fingerprint density at radius 3 is 2.67 bits per heavy atom. The van der Waals surface area contributed by atoms with Gasteiger partial charge < -0.3 is 0 Å². The van der Waals surface area contributed by atoms with Crippen molar-refractivity contribution in [2.45, 2.75) is 32.3 Å². The van der Waals surface area contributed by atoms with Crippen LogP contribution in [0.25, 0.3) is 0 Å². The predicted octanol–water partition coefficient (Wildman–Crippen LogP) is 1.46. The Morgan fingerprint density at radius 2 is 2.33 bits per heavy atom. The maximum atomic E-state index is 10.7. The van der Waals surface area contributed by atoms with Crippen molar-refractivity contribution >= 4 is 10.1 Å². The van der Waals surface area contributed by atoms with Gasteiger partial charge in [-0.1, -0.05) is 13.0 Å². The van der Waals surface area contributed by atoms with Crippen LogP contribution in [0.5, 0.6) is 0 Å². The Balaban J connectivity index is 2.51. The molecule has 0 bridgehead atoms. The van der Waals surface area contributed by atoms with E-state index in [1.165, 1.54) is 0 Å². The summed E-state index contributed by atoms with van der Waals surface area (Å²) in [5, 5.41) is 0. The molecule has 0 aromatic rings. The summed E-state index contributed by atoms with van der Waals surface area (Å²) in [6.45, 7) is 2.03. The van der Waals surface area contributed by atoms with Gasteiger partial charge in [-0.2, -0.15) is 8.42 Å². The van der Waals surface area contributed by atoms with E-state index in [2.05, 4.69) is 0 Å². The standard InChI is InChI=1S/C8H14O3S/c1-3-4-7-5-6-8(7)11-12(2,9)10/h4,8H,3,5-6H2,1-2H3. The summed E-state index contributed by atoms with van der Waals surface area (Å²) in [6.07, 6.45) is 5.72. The molecule has 0 N–H and O–H groups in total. The Hall–Kier alpha value is -0.350. The van der Waals surface area contributed by atoms with E-state index in [1.807, 2.05) is 13.0 Å². The normalized spacial score (nSPS) is 27.2. The van der Waals surface area contributed by atoms with E-state index in [0.29, 0.717) is 0 Å². The average molecular weight is 190 g/mol. The first kappa shape index (κ1) is 9.74. The molecule has 4 heteroatoms. The molecule has 0 aromatic carbocycles. The molecule has 1 aliphatic carbocycles. The largest absolute Gasteiger partial charge is 0.264 e. The van der Waals surface area contributed by atoms with Gasteiger partial charge in [-0.05, 0) is 24.8 Å². The summed E-state index contributed by atoms with van der Waals surface area (Å²) in [4.78, 5) is 0. The van der Waals surface area contributed by atoms with E-state index < -0.39 is 10.1 Å². The third kappa shape index (κ3) is 2.60. The van der Waals surface area contributed by atoms with Gasteiger partial charge in [0, 0.05) is 0 Å². The van der Waals surface area contributed by atoms with Crippen molar-refractivity contribution in [3.63, 3.8) is 0 Å². The molecule has 3 nitrogen and oxygen atoms in total. The lowest BCUT2D eigenvalue weighted by atomic mass is 9.88. The second-order valence-electron chi connectivity index (χ2n) is 3.01. The lowest BCUT2D eigenvalue weighted by Gasteiger charge is -2.28. The summed E-state index contributed by atoms with van der Waals surface area (Å²) in [7, 11) is -3.28. The minimum Gasteiger partial charge on any atom is -0.262 e. The van der Waals surface area contributed by atoms with Gasteiger partial charge in [0.15, 0.2) is 0 Å². The van der Waals surface area contributed by atoms with Gasteiger partial charge in [-0.25, -0.2) is 0 Å². The van der Waals surface area contributed by atoms with Gasteiger partial charge in [-0.3, -0.25) is 4.18 Å². The molecule has 0 radical (unpaired) electrons. The van der Waals surface area contributed by atoms with Crippen LogP contribution in [0.2, 0.25) is 0 Å². The van der Waals surface area contributed by atoms with Gasteiger partial charge in [0.05, 0.1) is 12.4 Å². The maximum Gasteiger partial charge on any atom is 0.264 e. The first-order chi connectivity index (χ1) is 5.53. The van der Waals surface area contributed by atoms with Crippen LogP contribution in [-0.4, -0.2) is 20.8 Å². The molecule has 0 heterocycles. The molecule has 0 spiro atoms. The molecule has 1 saturated carbocycles. The molecule has 0 aromatic heterocycles. The molecule has 1 atom stereocenters. The van der Waals surface area contributed by atoms with Crippen molar-refractivity contribution in [1.82, 2.24) is 0 Å². The Labute approximate surface area is 73.5 Å². The van der Waals surface area contributed by atoms with Crippen molar-refractivity contribution in [3.05, 3.63) is 11.6 Å². The molecule has 1 fully saturated rings. The van der Waals surface area contributed by atoms with Gasteiger partial charge >= 0.3 is 0 Å². The average Bonchev–Trinajstić information content (AvgIpc) is 1.92. The van der Waals surface area contributed by atoms with E-state index in [9.17, 15) is 8.42 Å². The highest BCUT2D eigenvalue weighted by molar-refractivity contribution is 7.86. The van der Waals surface area contributed by atoms with Gasteiger partial charge in [0.1, 0.15) is 0 Å². The zero-order chi connectivity index (χ0) is 9.19.